The first kappa shape index (κ1) is 23.1. The van der Waals surface area contributed by atoms with Crippen LogP contribution in [0.4, 0.5) is 4.39 Å². The SMILES string of the molecule is CC(C)[C@H](NC(=O)[C@H]1CCOC1)c1nnc2n1CCN(C(=O)/C(F)=C/c1ccccc1)CC2. The summed E-state index contributed by atoms with van der Waals surface area (Å²) in [6.45, 7) is 6.21. The zero-order chi connectivity index (χ0) is 23.4. The Hall–Kier alpha value is -3.07. The van der Waals surface area contributed by atoms with Crippen molar-refractivity contribution in [1.82, 2.24) is 25.0 Å². The van der Waals surface area contributed by atoms with Crippen LogP contribution >= 0.6 is 0 Å². The Balaban J connectivity index is 1.47. The van der Waals surface area contributed by atoms with Crippen molar-refractivity contribution in [2.45, 2.75) is 39.3 Å². The molecule has 2 amide bonds. The molecular formula is C24H30FN5O3. The van der Waals surface area contributed by atoms with Gasteiger partial charge in [-0.05, 0) is 24.0 Å². The highest BCUT2D eigenvalue weighted by atomic mass is 19.1. The molecule has 1 aromatic heterocycles. The van der Waals surface area contributed by atoms with Gasteiger partial charge in [-0.1, -0.05) is 44.2 Å². The van der Waals surface area contributed by atoms with E-state index in [1.54, 1.807) is 24.3 Å². The largest absolute Gasteiger partial charge is 0.381 e. The van der Waals surface area contributed by atoms with Crippen LogP contribution in [0.15, 0.2) is 36.2 Å². The number of rotatable bonds is 6. The summed E-state index contributed by atoms with van der Waals surface area (Å²) in [7, 11) is 0. The van der Waals surface area contributed by atoms with E-state index in [0.717, 1.165) is 5.82 Å². The Morgan fingerprint density at radius 3 is 2.67 bits per heavy atom. The predicted octanol–water partition coefficient (Wildman–Crippen LogP) is 2.52. The standard InChI is InChI=1S/C24H30FN5O3/c1-16(2)21(26-23(31)18-9-13-33-15-18)22-28-27-20-8-10-29(11-12-30(20)22)24(32)19(25)14-17-6-4-3-5-7-17/h3-7,14,16,18,21H,8-13,15H2,1-2H3,(H,26,31)/b19-14-/t18-,21-/m0/s1. The Labute approximate surface area is 192 Å². The van der Waals surface area contributed by atoms with Gasteiger partial charge in [-0.2, -0.15) is 0 Å². The first-order valence-electron chi connectivity index (χ1n) is 11.5. The number of carbonyl (C=O) groups is 2. The lowest BCUT2D eigenvalue weighted by Crippen LogP contribution is -2.38. The van der Waals surface area contributed by atoms with E-state index < -0.39 is 11.7 Å². The number of carbonyl (C=O) groups excluding carboxylic acids is 2. The fourth-order valence-electron chi connectivity index (χ4n) is 4.23. The van der Waals surface area contributed by atoms with Gasteiger partial charge in [0.2, 0.25) is 5.91 Å². The molecule has 33 heavy (non-hydrogen) atoms. The van der Waals surface area contributed by atoms with Crippen LogP contribution in [0.1, 0.15) is 43.5 Å². The first-order valence-corrected chi connectivity index (χ1v) is 11.5. The second-order valence-corrected chi connectivity index (χ2v) is 8.86. The number of hydrogen-bond donors (Lipinski definition) is 1. The molecule has 2 aromatic rings. The number of fused-ring (bicyclic) bond motifs is 1. The Morgan fingerprint density at radius 1 is 1.18 bits per heavy atom. The molecule has 4 rings (SSSR count). The van der Waals surface area contributed by atoms with E-state index in [0.29, 0.717) is 57.1 Å². The van der Waals surface area contributed by atoms with Gasteiger partial charge in [0.05, 0.1) is 18.6 Å². The summed E-state index contributed by atoms with van der Waals surface area (Å²) in [6.07, 6.45) is 2.44. The Morgan fingerprint density at radius 2 is 1.97 bits per heavy atom. The summed E-state index contributed by atoms with van der Waals surface area (Å²) < 4.78 is 21.9. The van der Waals surface area contributed by atoms with Crippen molar-refractivity contribution in [3.05, 3.63) is 53.4 Å². The van der Waals surface area contributed by atoms with Crippen molar-refractivity contribution in [3.63, 3.8) is 0 Å². The van der Waals surface area contributed by atoms with Gasteiger partial charge in [0.15, 0.2) is 11.7 Å². The Kier molecular flexibility index (Phi) is 7.17. The molecule has 3 heterocycles. The molecule has 0 unspecified atom stereocenters. The second kappa shape index (κ2) is 10.2. The van der Waals surface area contributed by atoms with Crippen molar-refractivity contribution in [2.75, 3.05) is 26.3 Å². The van der Waals surface area contributed by atoms with Crippen LogP contribution in [0, 0.1) is 11.8 Å². The van der Waals surface area contributed by atoms with Gasteiger partial charge in [0, 0.05) is 32.7 Å². The van der Waals surface area contributed by atoms with E-state index >= 15 is 0 Å². The Bertz CT molecular complexity index is 1010. The van der Waals surface area contributed by atoms with Crippen molar-refractivity contribution >= 4 is 17.9 Å². The van der Waals surface area contributed by atoms with Gasteiger partial charge in [0.25, 0.3) is 5.91 Å². The van der Waals surface area contributed by atoms with Crippen LogP contribution in [-0.4, -0.2) is 57.8 Å². The third kappa shape index (κ3) is 5.30. The van der Waals surface area contributed by atoms with Crippen molar-refractivity contribution in [1.29, 1.82) is 0 Å². The molecule has 0 aliphatic carbocycles. The molecule has 2 aliphatic rings. The number of amides is 2. The number of nitrogens with zero attached hydrogens (tertiary/aromatic N) is 4. The lowest BCUT2D eigenvalue weighted by atomic mass is 10.0. The molecule has 9 heteroatoms. The molecule has 1 fully saturated rings. The first-order chi connectivity index (χ1) is 15.9. The molecule has 0 bridgehead atoms. The fourth-order valence-corrected chi connectivity index (χ4v) is 4.23. The summed E-state index contributed by atoms with van der Waals surface area (Å²) in [6, 6.07) is 8.63. The molecule has 0 radical (unpaired) electrons. The van der Waals surface area contributed by atoms with Crippen molar-refractivity contribution < 1.29 is 18.7 Å². The smallest absolute Gasteiger partial charge is 0.282 e. The average molecular weight is 456 g/mol. The fraction of sp³-hybridized carbons (Fsp3) is 0.500. The van der Waals surface area contributed by atoms with Crippen LogP contribution in [0.2, 0.25) is 0 Å². The summed E-state index contributed by atoms with van der Waals surface area (Å²) in [5.41, 5.74) is 0.640. The number of halogens is 1. The number of benzene rings is 1. The van der Waals surface area contributed by atoms with Crippen LogP contribution in [0.5, 0.6) is 0 Å². The quantitative estimate of drug-likeness (QED) is 0.676. The minimum Gasteiger partial charge on any atom is -0.381 e. The average Bonchev–Trinajstić information content (AvgIpc) is 3.44. The van der Waals surface area contributed by atoms with Gasteiger partial charge >= 0.3 is 0 Å². The highest BCUT2D eigenvalue weighted by molar-refractivity contribution is 5.95. The van der Waals surface area contributed by atoms with E-state index in [9.17, 15) is 14.0 Å². The molecular weight excluding hydrogens is 425 g/mol. The number of hydrogen-bond acceptors (Lipinski definition) is 5. The summed E-state index contributed by atoms with van der Waals surface area (Å²) in [4.78, 5) is 26.9. The zero-order valence-corrected chi connectivity index (χ0v) is 19.0. The number of nitrogens with one attached hydrogen (secondary N) is 1. The normalized spacial score (nSPS) is 19.8. The molecule has 1 aromatic carbocycles. The minimum absolute atomic E-state index is 0.0397. The van der Waals surface area contributed by atoms with E-state index in [-0.39, 0.29) is 23.8 Å². The molecule has 2 atom stereocenters. The topological polar surface area (TPSA) is 89.3 Å². The molecule has 0 saturated carbocycles. The maximum absolute atomic E-state index is 14.6. The van der Waals surface area contributed by atoms with E-state index in [1.807, 2.05) is 24.5 Å². The third-order valence-electron chi connectivity index (χ3n) is 6.18. The molecule has 176 valence electrons. The molecule has 1 N–H and O–H groups in total. The van der Waals surface area contributed by atoms with E-state index in [4.69, 9.17) is 4.74 Å². The molecule has 2 aliphatic heterocycles. The van der Waals surface area contributed by atoms with Crippen LogP contribution in [0.3, 0.4) is 0 Å². The number of aromatic nitrogens is 3. The highest BCUT2D eigenvalue weighted by Crippen LogP contribution is 2.24. The molecule has 0 spiro atoms. The lowest BCUT2D eigenvalue weighted by molar-refractivity contribution is -0.128. The monoisotopic (exact) mass is 455 g/mol. The maximum Gasteiger partial charge on any atom is 0.282 e. The van der Waals surface area contributed by atoms with Crippen LogP contribution in [0.25, 0.3) is 6.08 Å². The third-order valence-corrected chi connectivity index (χ3v) is 6.18. The van der Waals surface area contributed by atoms with Gasteiger partial charge in [-0.3, -0.25) is 9.59 Å². The molecule has 1 saturated heterocycles. The van der Waals surface area contributed by atoms with Gasteiger partial charge in [-0.15, -0.1) is 10.2 Å². The summed E-state index contributed by atoms with van der Waals surface area (Å²) >= 11 is 0. The zero-order valence-electron chi connectivity index (χ0n) is 19.0. The molecule has 8 nitrogen and oxygen atoms in total. The van der Waals surface area contributed by atoms with E-state index in [1.165, 1.54) is 11.0 Å². The highest BCUT2D eigenvalue weighted by Gasteiger charge is 2.32. The summed E-state index contributed by atoms with van der Waals surface area (Å²) in [5.74, 6) is -0.109. The van der Waals surface area contributed by atoms with Gasteiger partial charge in [0.1, 0.15) is 5.82 Å². The van der Waals surface area contributed by atoms with Crippen LogP contribution in [-0.2, 0) is 27.3 Å². The van der Waals surface area contributed by atoms with Gasteiger partial charge < -0.3 is 19.5 Å². The van der Waals surface area contributed by atoms with Crippen LogP contribution < -0.4 is 5.32 Å². The number of ether oxygens (including phenoxy) is 1. The second-order valence-electron chi connectivity index (χ2n) is 8.86. The van der Waals surface area contributed by atoms with Gasteiger partial charge in [-0.25, -0.2) is 4.39 Å². The maximum atomic E-state index is 14.6. The predicted molar refractivity (Wildman–Crippen MR) is 120 cm³/mol. The minimum atomic E-state index is -0.787. The lowest BCUT2D eigenvalue weighted by Gasteiger charge is -2.24. The summed E-state index contributed by atoms with van der Waals surface area (Å²) in [5, 5.41) is 11.8. The van der Waals surface area contributed by atoms with E-state index in [2.05, 4.69) is 15.5 Å². The van der Waals surface area contributed by atoms with Crippen molar-refractivity contribution in [3.8, 4) is 0 Å². The van der Waals surface area contributed by atoms with Crippen molar-refractivity contribution in [2.24, 2.45) is 11.8 Å².